The Labute approximate surface area is 131 Å². The standard InChI is InChI=1S/C19H19ClO/c20-13-4-3-10-18-17-9-2-1-8-16(17)11-12-19(18)21-14-15-6-5-7-15/h1-2,8-9,11-12,15H,4-7,13-14H2. The molecule has 0 unspecified atom stereocenters. The molecule has 0 saturated heterocycles. The molecule has 0 aromatic heterocycles. The Kier molecular flexibility index (Phi) is 4.68. The minimum Gasteiger partial charge on any atom is -0.492 e. The topological polar surface area (TPSA) is 9.23 Å². The zero-order valence-electron chi connectivity index (χ0n) is 12.1. The van der Waals surface area contributed by atoms with Gasteiger partial charge in [-0.25, -0.2) is 0 Å². The maximum Gasteiger partial charge on any atom is 0.135 e. The first kappa shape index (κ1) is 14.3. The third-order valence-electron chi connectivity index (χ3n) is 4.02. The highest BCUT2D eigenvalue weighted by molar-refractivity contribution is 6.18. The van der Waals surface area contributed by atoms with Gasteiger partial charge in [0.25, 0.3) is 0 Å². The maximum atomic E-state index is 6.04. The molecule has 1 nitrogen and oxygen atoms in total. The molecule has 0 bridgehead atoms. The minimum atomic E-state index is 0.566. The van der Waals surface area contributed by atoms with Gasteiger partial charge in [0.15, 0.2) is 0 Å². The lowest BCUT2D eigenvalue weighted by Crippen LogP contribution is -2.19. The number of fused-ring (bicyclic) bond motifs is 1. The van der Waals surface area contributed by atoms with Crippen molar-refractivity contribution in [3.63, 3.8) is 0 Å². The van der Waals surface area contributed by atoms with Gasteiger partial charge in [0, 0.05) is 17.7 Å². The number of hydrogen-bond donors (Lipinski definition) is 0. The molecule has 1 aliphatic carbocycles. The Bertz CT molecular complexity index is 677. The van der Waals surface area contributed by atoms with E-state index in [1.807, 2.05) is 18.2 Å². The summed E-state index contributed by atoms with van der Waals surface area (Å²) in [5.74, 6) is 8.59. The fourth-order valence-corrected chi connectivity index (χ4v) is 2.66. The van der Waals surface area contributed by atoms with Crippen molar-refractivity contribution in [3.05, 3.63) is 42.0 Å². The highest BCUT2D eigenvalue weighted by Crippen LogP contribution is 2.31. The average Bonchev–Trinajstić information content (AvgIpc) is 2.47. The Balaban J connectivity index is 1.93. The summed E-state index contributed by atoms with van der Waals surface area (Å²) < 4.78 is 6.04. The van der Waals surface area contributed by atoms with Crippen LogP contribution in [0, 0.1) is 17.8 Å². The number of alkyl halides is 1. The molecule has 1 fully saturated rings. The van der Waals surface area contributed by atoms with E-state index in [0.717, 1.165) is 29.2 Å². The summed E-state index contributed by atoms with van der Waals surface area (Å²) in [7, 11) is 0. The zero-order chi connectivity index (χ0) is 14.5. The van der Waals surface area contributed by atoms with Crippen molar-refractivity contribution in [1.82, 2.24) is 0 Å². The van der Waals surface area contributed by atoms with E-state index in [4.69, 9.17) is 16.3 Å². The smallest absolute Gasteiger partial charge is 0.135 e. The van der Waals surface area contributed by atoms with Crippen LogP contribution in [0.3, 0.4) is 0 Å². The van der Waals surface area contributed by atoms with E-state index >= 15 is 0 Å². The molecule has 21 heavy (non-hydrogen) atoms. The summed E-state index contributed by atoms with van der Waals surface area (Å²) in [5.41, 5.74) is 0.998. The number of benzene rings is 2. The highest BCUT2D eigenvalue weighted by Gasteiger charge is 2.18. The fraction of sp³-hybridized carbons (Fsp3) is 0.368. The first-order chi connectivity index (χ1) is 10.4. The SMILES string of the molecule is ClCCC#Cc1c(OCC2CCC2)ccc2ccccc12. The van der Waals surface area contributed by atoms with Crippen LogP contribution in [0.25, 0.3) is 10.8 Å². The van der Waals surface area contributed by atoms with Gasteiger partial charge in [-0.3, -0.25) is 0 Å². The predicted octanol–water partition coefficient (Wildman–Crippen LogP) is 5.00. The van der Waals surface area contributed by atoms with E-state index in [-0.39, 0.29) is 0 Å². The van der Waals surface area contributed by atoms with Crippen LogP contribution in [0.4, 0.5) is 0 Å². The summed E-state index contributed by atoms with van der Waals surface area (Å²) >= 11 is 5.72. The number of ether oxygens (including phenoxy) is 1. The summed E-state index contributed by atoms with van der Waals surface area (Å²) in [6.45, 7) is 0.808. The van der Waals surface area contributed by atoms with Gasteiger partial charge in [-0.05, 0) is 30.2 Å². The van der Waals surface area contributed by atoms with Gasteiger partial charge < -0.3 is 4.74 Å². The Morgan fingerprint density at radius 1 is 1.14 bits per heavy atom. The molecule has 1 saturated carbocycles. The van der Waals surface area contributed by atoms with Crippen LogP contribution >= 0.6 is 11.6 Å². The average molecular weight is 299 g/mol. The largest absolute Gasteiger partial charge is 0.492 e. The summed E-state index contributed by atoms with van der Waals surface area (Å²) in [6.07, 6.45) is 4.63. The van der Waals surface area contributed by atoms with Gasteiger partial charge >= 0.3 is 0 Å². The monoisotopic (exact) mass is 298 g/mol. The molecule has 1 aliphatic rings. The van der Waals surface area contributed by atoms with Crippen molar-refractivity contribution >= 4 is 22.4 Å². The molecule has 0 amide bonds. The van der Waals surface area contributed by atoms with Gasteiger partial charge in [0.05, 0.1) is 12.2 Å². The molecule has 108 valence electrons. The first-order valence-electron chi connectivity index (χ1n) is 7.58. The van der Waals surface area contributed by atoms with E-state index in [2.05, 4.69) is 30.0 Å². The van der Waals surface area contributed by atoms with E-state index in [9.17, 15) is 0 Å². The zero-order valence-corrected chi connectivity index (χ0v) is 12.8. The molecule has 0 aliphatic heterocycles. The molecule has 0 N–H and O–H groups in total. The highest BCUT2D eigenvalue weighted by atomic mass is 35.5. The van der Waals surface area contributed by atoms with Crippen molar-refractivity contribution in [1.29, 1.82) is 0 Å². The van der Waals surface area contributed by atoms with Crippen molar-refractivity contribution in [2.75, 3.05) is 12.5 Å². The van der Waals surface area contributed by atoms with Crippen LogP contribution in [0.15, 0.2) is 36.4 Å². The summed E-state index contributed by atoms with van der Waals surface area (Å²) in [4.78, 5) is 0. The van der Waals surface area contributed by atoms with E-state index in [0.29, 0.717) is 12.3 Å². The molecule has 0 heterocycles. The molecular weight excluding hydrogens is 280 g/mol. The quantitative estimate of drug-likeness (QED) is 0.570. The summed E-state index contributed by atoms with van der Waals surface area (Å²) in [6, 6.07) is 12.5. The van der Waals surface area contributed by atoms with E-state index < -0.39 is 0 Å². The molecule has 2 heteroatoms. The third-order valence-corrected chi connectivity index (χ3v) is 4.21. The molecule has 2 aromatic carbocycles. The fourth-order valence-electron chi connectivity index (χ4n) is 2.57. The minimum absolute atomic E-state index is 0.566. The second kappa shape index (κ2) is 6.87. The number of halogens is 1. The second-order valence-corrected chi connectivity index (χ2v) is 5.89. The van der Waals surface area contributed by atoms with Crippen molar-refractivity contribution in [3.8, 4) is 17.6 Å². The van der Waals surface area contributed by atoms with Crippen LogP contribution in [0.1, 0.15) is 31.2 Å². The van der Waals surface area contributed by atoms with Crippen molar-refractivity contribution in [2.24, 2.45) is 5.92 Å². The van der Waals surface area contributed by atoms with Crippen LogP contribution in [0.5, 0.6) is 5.75 Å². The molecule has 3 rings (SSSR count). The van der Waals surface area contributed by atoms with Gasteiger partial charge in [0.1, 0.15) is 5.75 Å². The van der Waals surface area contributed by atoms with Gasteiger partial charge in [-0.2, -0.15) is 0 Å². The lowest BCUT2D eigenvalue weighted by molar-refractivity contribution is 0.180. The van der Waals surface area contributed by atoms with Crippen molar-refractivity contribution in [2.45, 2.75) is 25.7 Å². The summed E-state index contributed by atoms with van der Waals surface area (Å²) in [5, 5.41) is 2.36. The van der Waals surface area contributed by atoms with E-state index in [1.165, 1.54) is 24.6 Å². The lowest BCUT2D eigenvalue weighted by Gasteiger charge is -2.25. The van der Waals surface area contributed by atoms with Crippen LogP contribution < -0.4 is 4.74 Å². The van der Waals surface area contributed by atoms with Gasteiger partial charge in [-0.1, -0.05) is 48.6 Å². The predicted molar refractivity (Wildman–Crippen MR) is 89.0 cm³/mol. The molecular formula is C19H19ClO. The molecule has 0 radical (unpaired) electrons. The van der Waals surface area contributed by atoms with Gasteiger partial charge in [0.2, 0.25) is 0 Å². The Morgan fingerprint density at radius 3 is 2.76 bits per heavy atom. The lowest BCUT2D eigenvalue weighted by atomic mass is 9.86. The Hall–Kier alpha value is -1.65. The third kappa shape index (κ3) is 3.34. The number of hydrogen-bond acceptors (Lipinski definition) is 1. The van der Waals surface area contributed by atoms with Crippen LogP contribution in [0.2, 0.25) is 0 Å². The van der Waals surface area contributed by atoms with Crippen LogP contribution in [-0.2, 0) is 0 Å². The first-order valence-corrected chi connectivity index (χ1v) is 8.11. The van der Waals surface area contributed by atoms with Crippen molar-refractivity contribution < 1.29 is 4.74 Å². The van der Waals surface area contributed by atoms with E-state index in [1.54, 1.807) is 0 Å². The number of rotatable bonds is 4. The molecule has 0 spiro atoms. The normalized spacial score (nSPS) is 14.3. The second-order valence-electron chi connectivity index (χ2n) is 5.51. The molecule has 0 atom stereocenters. The van der Waals surface area contributed by atoms with Crippen LogP contribution in [-0.4, -0.2) is 12.5 Å². The maximum absolute atomic E-state index is 6.04. The van der Waals surface area contributed by atoms with Gasteiger partial charge in [-0.15, -0.1) is 11.6 Å². The Morgan fingerprint density at radius 2 is 2.00 bits per heavy atom. The molecule has 2 aromatic rings.